The Kier molecular flexibility index (Phi) is 4.72. The Labute approximate surface area is 137 Å². The molecule has 0 fully saturated rings. The molecule has 0 saturated carbocycles. The van der Waals surface area contributed by atoms with Gasteiger partial charge in [-0.05, 0) is 29.2 Å². The van der Waals surface area contributed by atoms with Crippen LogP contribution in [0.25, 0.3) is 10.8 Å². The zero-order chi connectivity index (χ0) is 16.2. The summed E-state index contributed by atoms with van der Waals surface area (Å²) in [5.41, 5.74) is 9.28. The van der Waals surface area contributed by atoms with Gasteiger partial charge in [-0.15, -0.1) is 5.10 Å². The molecule has 120 valence electrons. The van der Waals surface area contributed by atoms with E-state index in [9.17, 15) is 0 Å². The maximum Gasteiger partial charge on any atom is 0.0997 e. The van der Waals surface area contributed by atoms with E-state index in [0.29, 0.717) is 12.5 Å². The Morgan fingerprint density at radius 2 is 1.78 bits per heavy atom. The van der Waals surface area contributed by atoms with E-state index in [1.807, 2.05) is 4.68 Å². The highest BCUT2D eigenvalue weighted by molar-refractivity contribution is 5.85. The van der Waals surface area contributed by atoms with Crippen molar-refractivity contribution in [1.82, 2.24) is 15.0 Å². The van der Waals surface area contributed by atoms with E-state index in [4.69, 9.17) is 5.73 Å². The summed E-state index contributed by atoms with van der Waals surface area (Å²) in [7, 11) is 0. The van der Waals surface area contributed by atoms with Crippen molar-refractivity contribution in [2.45, 2.75) is 45.7 Å². The molecule has 0 radical (unpaired) electrons. The third kappa shape index (κ3) is 2.99. The van der Waals surface area contributed by atoms with Gasteiger partial charge in [-0.1, -0.05) is 61.5 Å². The lowest BCUT2D eigenvalue weighted by atomic mass is 9.97. The molecule has 2 N–H and O–H groups in total. The van der Waals surface area contributed by atoms with Crippen molar-refractivity contribution in [3.8, 4) is 0 Å². The lowest BCUT2D eigenvalue weighted by molar-refractivity contribution is 0.542. The fourth-order valence-electron chi connectivity index (χ4n) is 3.33. The van der Waals surface area contributed by atoms with Crippen molar-refractivity contribution in [3.05, 3.63) is 59.4 Å². The number of benzene rings is 2. The number of hydrogen-bond acceptors (Lipinski definition) is 3. The van der Waals surface area contributed by atoms with Crippen LogP contribution in [0.3, 0.4) is 0 Å². The predicted octanol–water partition coefficient (Wildman–Crippen LogP) is 3.84. The molecular formula is C19H24N4. The van der Waals surface area contributed by atoms with Gasteiger partial charge in [0.05, 0.1) is 17.9 Å². The minimum Gasteiger partial charge on any atom is -0.325 e. The second-order valence-corrected chi connectivity index (χ2v) is 5.93. The first-order chi connectivity index (χ1) is 11.3. The molecule has 0 atom stereocenters. The SMILES string of the molecule is CCC(CC)c1c(CN)nnn1Cc1cccc2ccccc12. The van der Waals surface area contributed by atoms with Crippen LogP contribution < -0.4 is 5.73 Å². The third-order valence-electron chi connectivity index (χ3n) is 4.61. The van der Waals surface area contributed by atoms with Crippen LogP contribution >= 0.6 is 0 Å². The lowest BCUT2D eigenvalue weighted by Crippen LogP contribution is -2.13. The second kappa shape index (κ2) is 6.92. The molecule has 3 rings (SSSR count). The van der Waals surface area contributed by atoms with Crippen LogP contribution in [0.15, 0.2) is 42.5 Å². The van der Waals surface area contributed by atoms with Crippen LogP contribution in [0.1, 0.15) is 49.6 Å². The van der Waals surface area contributed by atoms with Gasteiger partial charge < -0.3 is 5.73 Å². The predicted molar refractivity (Wildman–Crippen MR) is 94.3 cm³/mol. The summed E-state index contributed by atoms with van der Waals surface area (Å²) in [5, 5.41) is 11.2. The molecule has 0 spiro atoms. The van der Waals surface area contributed by atoms with E-state index in [0.717, 1.165) is 25.1 Å². The quantitative estimate of drug-likeness (QED) is 0.752. The van der Waals surface area contributed by atoms with E-state index in [1.165, 1.54) is 22.0 Å². The van der Waals surface area contributed by atoms with Gasteiger partial charge in [0, 0.05) is 12.5 Å². The Morgan fingerprint density at radius 3 is 2.52 bits per heavy atom. The molecule has 3 aromatic rings. The summed E-state index contributed by atoms with van der Waals surface area (Å²) in [6.45, 7) is 5.61. The summed E-state index contributed by atoms with van der Waals surface area (Å²) in [6.07, 6.45) is 2.15. The van der Waals surface area contributed by atoms with Crippen LogP contribution in [0.5, 0.6) is 0 Å². The summed E-state index contributed by atoms with van der Waals surface area (Å²) in [4.78, 5) is 0. The lowest BCUT2D eigenvalue weighted by Gasteiger charge is -2.16. The van der Waals surface area contributed by atoms with Gasteiger partial charge in [-0.3, -0.25) is 0 Å². The van der Waals surface area contributed by atoms with Crippen LogP contribution in [-0.4, -0.2) is 15.0 Å². The topological polar surface area (TPSA) is 56.7 Å². The maximum absolute atomic E-state index is 5.88. The highest BCUT2D eigenvalue weighted by Gasteiger charge is 2.19. The van der Waals surface area contributed by atoms with Crippen molar-refractivity contribution in [3.63, 3.8) is 0 Å². The number of hydrogen-bond donors (Lipinski definition) is 1. The average Bonchev–Trinajstić information content (AvgIpc) is 2.99. The molecular weight excluding hydrogens is 284 g/mol. The first-order valence-electron chi connectivity index (χ1n) is 8.37. The van der Waals surface area contributed by atoms with Crippen molar-refractivity contribution >= 4 is 10.8 Å². The van der Waals surface area contributed by atoms with E-state index < -0.39 is 0 Å². The van der Waals surface area contributed by atoms with E-state index in [1.54, 1.807) is 0 Å². The molecule has 4 heteroatoms. The van der Waals surface area contributed by atoms with Crippen LogP contribution in [-0.2, 0) is 13.1 Å². The summed E-state index contributed by atoms with van der Waals surface area (Å²) in [6, 6.07) is 14.9. The van der Waals surface area contributed by atoms with E-state index in [2.05, 4.69) is 66.6 Å². The molecule has 1 heterocycles. The number of rotatable bonds is 6. The van der Waals surface area contributed by atoms with Crippen molar-refractivity contribution in [1.29, 1.82) is 0 Å². The highest BCUT2D eigenvalue weighted by Crippen LogP contribution is 2.27. The molecule has 0 saturated heterocycles. The zero-order valence-corrected chi connectivity index (χ0v) is 13.9. The molecule has 1 aromatic heterocycles. The van der Waals surface area contributed by atoms with Gasteiger partial charge in [-0.25, -0.2) is 4.68 Å². The summed E-state index contributed by atoms with van der Waals surface area (Å²) in [5.74, 6) is 0.457. The maximum atomic E-state index is 5.88. The number of nitrogens with two attached hydrogens (primary N) is 1. The molecule has 0 bridgehead atoms. The molecule has 0 aliphatic heterocycles. The van der Waals surface area contributed by atoms with Gasteiger partial charge >= 0.3 is 0 Å². The molecule has 0 aliphatic rings. The summed E-state index contributed by atoms with van der Waals surface area (Å²) < 4.78 is 2.04. The highest BCUT2D eigenvalue weighted by atomic mass is 15.4. The van der Waals surface area contributed by atoms with E-state index in [-0.39, 0.29) is 0 Å². The first-order valence-corrected chi connectivity index (χ1v) is 8.37. The number of fused-ring (bicyclic) bond motifs is 1. The molecule has 0 amide bonds. The second-order valence-electron chi connectivity index (χ2n) is 5.93. The first kappa shape index (κ1) is 15.7. The fourth-order valence-corrected chi connectivity index (χ4v) is 3.33. The minimum atomic E-state index is 0.446. The van der Waals surface area contributed by atoms with Crippen molar-refractivity contribution < 1.29 is 0 Å². The van der Waals surface area contributed by atoms with Crippen LogP contribution in [0, 0.1) is 0 Å². The Morgan fingerprint density at radius 1 is 1.04 bits per heavy atom. The molecule has 2 aromatic carbocycles. The van der Waals surface area contributed by atoms with Crippen molar-refractivity contribution in [2.24, 2.45) is 5.73 Å². The monoisotopic (exact) mass is 308 g/mol. The third-order valence-corrected chi connectivity index (χ3v) is 4.61. The Hall–Kier alpha value is -2.20. The Bertz CT molecular complexity index is 782. The zero-order valence-electron chi connectivity index (χ0n) is 13.9. The normalized spacial score (nSPS) is 11.5. The standard InChI is InChI=1S/C19H24N4/c1-3-14(4-2)19-18(12-20)21-22-23(19)13-16-10-7-9-15-8-5-6-11-17(15)16/h5-11,14H,3-4,12-13,20H2,1-2H3. The summed E-state index contributed by atoms with van der Waals surface area (Å²) >= 11 is 0. The molecule has 0 aliphatic carbocycles. The van der Waals surface area contributed by atoms with Crippen LogP contribution in [0.2, 0.25) is 0 Å². The van der Waals surface area contributed by atoms with E-state index >= 15 is 0 Å². The van der Waals surface area contributed by atoms with Crippen molar-refractivity contribution in [2.75, 3.05) is 0 Å². The van der Waals surface area contributed by atoms with Gasteiger partial charge in [0.2, 0.25) is 0 Å². The Balaban J connectivity index is 2.04. The smallest absolute Gasteiger partial charge is 0.0997 e. The molecule has 23 heavy (non-hydrogen) atoms. The van der Waals surface area contributed by atoms with Gasteiger partial charge in [0.25, 0.3) is 0 Å². The van der Waals surface area contributed by atoms with Gasteiger partial charge in [-0.2, -0.15) is 0 Å². The molecule has 0 unspecified atom stereocenters. The molecule has 4 nitrogen and oxygen atoms in total. The van der Waals surface area contributed by atoms with Gasteiger partial charge in [0.15, 0.2) is 0 Å². The number of aromatic nitrogens is 3. The minimum absolute atomic E-state index is 0.446. The largest absolute Gasteiger partial charge is 0.325 e. The average molecular weight is 308 g/mol. The van der Waals surface area contributed by atoms with Gasteiger partial charge in [0.1, 0.15) is 0 Å². The number of nitrogens with zero attached hydrogens (tertiary/aromatic N) is 3. The fraction of sp³-hybridized carbons (Fsp3) is 0.368. The van der Waals surface area contributed by atoms with Crippen LogP contribution in [0.4, 0.5) is 0 Å².